The Morgan fingerprint density at radius 3 is 1.40 bits per heavy atom. The van der Waals surface area contributed by atoms with Gasteiger partial charge in [-0.2, -0.15) is 11.8 Å². The number of carbonyl (C=O) groups excluding carboxylic acids is 4. The van der Waals surface area contributed by atoms with Crippen LogP contribution in [0.2, 0.25) is 10.0 Å². The number of methoxy groups -OCH3 is 2. The predicted molar refractivity (Wildman–Crippen MR) is 176 cm³/mol. The van der Waals surface area contributed by atoms with Crippen LogP contribution in [0.4, 0.5) is 10.0 Å². The molecule has 2 aromatic carbocycles. The van der Waals surface area contributed by atoms with Crippen LogP contribution in [0.15, 0.2) is 59.3 Å². The van der Waals surface area contributed by atoms with Crippen molar-refractivity contribution in [2.45, 2.75) is 12.8 Å². The van der Waals surface area contributed by atoms with Crippen molar-refractivity contribution in [2.75, 3.05) is 36.4 Å². The number of benzene rings is 2. The summed E-state index contributed by atoms with van der Waals surface area (Å²) in [7, 11) is 2.58. The molecule has 0 atom stereocenters. The summed E-state index contributed by atoms with van der Waals surface area (Å²) in [5, 5.41) is 11.2. The maximum Gasteiger partial charge on any atom is 0.341 e. The van der Waals surface area contributed by atoms with Crippen LogP contribution >= 0.6 is 57.6 Å². The van der Waals surface area contributed by atoms with Crippen molar-refractivity contribution in [2.24, 2.45) is 0 Å². The lowest BCUT2D eigenvalue weighted by molar-refractivity contribution is -0.116. The summed E-state index contributed by atoms with van der Waals surface area (Å²) >= 11 is 15.9. The molecule has 0 fully saturated rings. The number of thioether (sulfide) groups is 1. The Kier molecular flexibility index (Phi) is 11.7. The number of hydrogen-bond donors (Lipinski definition) is 2. The van der Waals surface area contributed by atoms with E-state index in [0.29, 0.717) is 42.7 Å². The molecule has 2 aromatic heterocycles. The highest BCUT2D eigenvalue weighted by atomic mass is 35.5. The third kappa shape index (κ3) is 8.39. The van der Waals surface area contributed by atoms with Crippen molar-refractivity contribution in [3.63, 3.8) is 0 Å². The maximum absolute atomic E-state index is 12.7. The van der Waals surface area contributed by atoms with E-state index in [1.165, 1.54) is 48.7 Å². The Labute approximate surface area is 270 Å². The summed E-state index contributed by atoms with van der Waals surface area (Å²) in [5.74, 6) is -0.693. The molecule has 0 saturated carbocycles. The molecule has 2 heterocycles. The van der Waals surface area contributed by atoms with Crippen LogP contribution < -0.4 is 10.6 Å². The molecule has 0 unspecified atom stereocenters. The number of hydrogen-bond acceptors (Lipinski definition) is 9. The molecule has 0 spiro atoms. The smallest absolute Gasteiger partial charge is 0.341 e. The van der Waals surface area contributed by atoms with Crippen LogP contribution in [0.25, 0.3) is 22.3 Å². The number of esters is 2. The Morgan fingerprint density at radius 1 is 0.674 bits per heavy atom. The van der Waals surface area contributed by atoms with Gasteiger partial charge in [0.2, 0.25) is 11.8 Å². The summed E-state index contributed by atoms with van der Waals surface area (Å²) in [6, 6.07) is 14.1. The summed E-state index contributed by atoms with van der Waals surface area (Å²) in [6.45, 7) is 0. The molecule has 2 amide bonds. The van der Waals surface area contributed by atoms with E-state index < -0.39 is 11.9 Å². The van der Waals surface area contributed by atoms with Crippen LogP contribution in [0.3, 0.4) is 0 Å². The minimum absolute atomic E-state index is 0.183. The number of halogens is 2. The molecule has 43 heavy (non-hydrogen) atoms. The molecular formula is C30H26Cl2N2O6S3. The molecular weight excluding hydrogens is 651 g/mol. The largest absolute Gasteiger partial charge is 0.465 e. The summed E-state index contributed by atoms with van der Waals surface area (Å²) < 4.78 is 9.91. The topological polar surface area (TPSA) is 111 Å². The molecule has 8 nitrogen and oxygen atoms in total. The average molecular weight is 678 g/mol. The number of anilines is 2. The number of nitrogens with one attached hydrogen (secondary N) is 2. The number of thiophene rings is 2. The molecule has 0 aliphatic carbocycles. The van der Waals surface area contributed by atoms with E-state index in [4.69, 9.17) is 32.7 Å². The quantitative estimate of drug-likeness (QED) is 0.115. The van der Waals surface area contributed by atoms with Gasteiger partial charge in [0.05, 0.1) is 14.2 Å². The van der Waals surface area contributed by atoms with E-state index in [1.807, 2.05) is 0 Å². The normalized spacial score (nSPS) is 10.7. The minimum atomic E-state index is -0.553. The van der Waals surface area contributed by atoms with Gasteiger partial charge in [-0.25, -0.2) is 9.59 Å². The van der Waals surface area contributed by atoms with Gasteiger partial charge < -0.3 is 20.1 Å². The minimum Gasteiger partial charge on any atom is -0.465 e. The summed E-state index contributed by atoms with van der Waals surface area (Å²) in [6.07, 6.45) is 0.367. The van der Waals surface area contributed by atoms with E-state index in [9.17, 15) is 19.2 Å². The highest BCUT2D eigenvalue weighted by Crippen LogP contribution is 2.38. The SMILES string of the molecule is COC(=O)c1c(-c2ccc(Cl)cc2)csc1NC(=O)CCSCCC(=O)Nc1scc(-c2ccc(Cl)cc2)c1C(=O)OC. The highest BCUT2D eigenvalue weighted by Gasteiger charge is 2.23. The van der Waals surface area contributed by atoms with Crippen molar-refractivity contribution in [3.05, 3.63) is 80.5 Å². The molecule has 0 aliphatic heterocycles. The first-order valence-corrected chi connectivity index (χ1v) is 16.5. The van der Waals surface area contributed by atoms with Crippen LogP contribution in [0.1, 0.15) is 33.6 Å². The van der Waals surface area contributed by atoms with Crippen molar-refractivity contribution in [1.29, 1.82) is 0 Å². The lowest BCUT2D eigenvalue weighted by atomic mass is 10.0. The molecule has 0 radical (unpaired) electrons. The summed E-state index contributed by atoms with van der Waals surface area (Å²) in [4.78, 5) is 50.4. The van der Waals surface area contributed by atoms with Gasteiger partial charge in [-0.15, -0.1) is 22.7 Å². The molecule has 224 valence electrons. The van der Waals surface area contributed by atoms with Crippen molar-refractivity contribution < 1.29 is 28.7 Å². The Hall–Kier alpha value is -3.35. The maximum atomic E-state index is 12.7. The van der Waals surface area contributed by atoms with Gasteiger partial charge in [0.1, 0.15) is 21.1 Å². The van der Waals surface area contributed by atoms with Crippen molar-refractivity contribution in [3.8, 4) is 22.3 Å². The van der Waals surface area contributed by atoms with Gasteiger partial charge in [-0.1, -0.05) is 47.5 Å². The van der Waals surface area contributed by atoms with Gasteiger partial charge in [0.15, 0.2) is 0 Å². The third-order valence-corrected chi connectivity index (χ3v) is 9.40. The van der Waals surface area contributed by atoms with Crippen molar-refractivity contribution in [1.82, 2.24) is 0 Å². The van der Waals surface area contributed by atoms with E-state index in [0.717, 1.165) is 11.1 Å². The first-order chi connectivity index (χ1) is 20.7. The van der Waals surface area contributed by atoms with E-state index in [1.54, 1.807) is 59.3 Å². The zero-order valence-electron chi connectivity index (χ0n) is 23.0. The Balaban J connectivity index is 1.28. The van der Waals surface area contributed by atoms with Crippen LogP contribution in [0.5, 0.6) is 0 Å². The fourth-order valence-electron chi connectivity index (χ4n) is 4.00. The van der Waals surface area contributed by atoms with Crippen LogP contribution in [-0.4, -0.2) is 49.5 Å². The summed E-state index contributed by atoms with van der Waals surface area (Å²) in [5.41, 5.74) is 3.41. The second-order valence-electron chi connectivity index (χ2n) is 8.91. The Bertz CT molecular complexity index is 1500. The fourth-order valence-corrected chi connectivity index (χ4v) is 7.07. The van der Waals surface area contributed by atoms with Crippen LogP contribution in [0, 0.1) is 0 Å². The van der Waals surface area contributed by atoms with Gasteiger partial charge in [-0.3, -0.25) is 9.59 Å². The van der Waals surface area contributed by atoms with Crippen molar-refractivity contribution >= 4 is 91.4 Å². The second kappa shape index (κ2) is 15.4. The zero-order chi connectivity index (χ0) is 30.9. The highest BCUT2D eigenvalue weighted by molar-refractivity contribution is 7.99. The number of ether oxygens (including phenoxy) is 2. The molecule has 13 heteroatoms. The standard InChI is InChI=1S/C30H26Cl2N2O6S3/c1-39-29(37)25-21(17-3-7-19(31)8-4-17)15-42-27(25)33-23(35)11-13-41-14-12-24(36)34-28-26(30(38)40-2)22(16-43-28)18-5-9-20(32)10-6-18/h3-10,15-16H,11-14H2,1-2H3,(H,33,35)(H,34,36). The Morgan fingerprint density at radius 2 is 1.05 bits per heavy atom. The molecule has 4 rings (SSSR count). The van der Waals surface area contributed by atoms with E-state index in [2.05, 4.69) is 10.6 Å². The van der Waals surface area contributed by atoms with Gasteiger partial charge in [0, 0.05) is 56.3 Å². The molecule has 4 aromatic rings. The predicted octanol–water partition coefficient (Wildman–Crippen LogP) is 8.11. The molecule has 0 bridgehead atoms. The van der Waals surface area contributed by atoms with Crippen LogP contribution in [-0.2, 0) is 19.1 Å². The zero-order valence-corrected chi connectivity index (χ0v) is 27.0. The molecule has 0 saturated heterocycles. The van der Waals surface area contributed by atoms with E-state index >= 15 is 0 Å². The lowest BCUT2D eigenvalue weighted by Gasteiger charge is -2.09. The van der Waals surface area contributed by atoms with E-state index in [-0.39, 0.29) is 35.8 Å². The average Bonchev–Trinajstić information content (AvgIpc) is 3.61. The third-order valence-electron chi connectivity index (χ3n) is 6.12. The first-order valence-electron chi connectivity index (χ1n) is 12.8. The fraction of sp³-hybridized carbons (Fsp3) is 0.200. The number of carbonyl (C=O) groups is 4. The van der Waals surface area contributed by atoms with Gasteiger partial charge in [-0.05, 0) is 35.4 Å². The van der Waals surface area contributed by atoms with Gasteiger partial charge >= 0.3 is 11.9 Å². The van der Waals surface area contributed by atoms with Gasteiger partial charge in [0.25, 0.3) is 0 Å². The monoisotopic (exact) mass is 676 g/mol. The molecule has 2 N–H and O–H groups in total. The lowest BCUT2D eigenvalue weighted by Crippen LogP contribution is -2.16. The number of rotatable bonds is 12. The second-order valence-corrected chi connectivity index (χ2v) is 12.8. The first kappa shape index (κ1) is 32.6. The molecule has 0 aliphatic rings. The number of amides is 2.